The van der Waals surface area contributed by atoms with Gasteiger partial charge in [-0.1, -0.05) is 32.6 Å². The lowest BCUT2D eigenvalue weighted by atomic mass is 10.1. The number of thiazole rings is 1. The molecule has 0 aliphatic heterocycles. The molecule has 1 aromatic heterocycles. The average molecular weight is 303 g/mol. The number of rotatable bonds is 9. The molecular formula is C14H23ClN2OS. The van der Waals surface area contributed by atoms with E-state index in [9.17, 15) is 4.79 Å². The molecule has 0 fully saturated rings. The van der Waals surface area contributed by atoms with E-state index in [4.69, 9.17) is 11.6 Å². The van der Waals surface area contributed by atoms with Gasteiger partial charge in [0.15, 0.2) is 0 Å². The number of aromatic nitrogens is 1. The molecule has 1 aromatic rings. The molecule has 0 spiro atoms. The Hall–Kier alpha value is -0.610. The number of carbonyl (C=O) groups excluding carboxylic acids is 1. The molecule has 19 heavy (non-hydrogen) atoms. The van der Waals surface area contributed by atoms with Crippen LogP contribution in [0.2, 0.25) is 0 Å². The lowest BCUT2D eigenvalue weighted by Gasteiger charge is -2.13. The summed E-state index contributed by atoms with van der Waals surface area (Å²) in [6, 6.07) is 0.247. The smallest absolute Gasteiger partial charge is 0.227 e. The predicted molar refractivity (Wildman–Crippen MR) is 81.7 cm³/mol. The van der Waals surface area contributed by atoms with E-state index in [2.05, 4.69) is 24.1 Å². The first-order valence-corrected chi connectivity index (χ1v) is 8.35. The topological polar surface area (TPSA) is 42.0 Å². The van der Waals surface area contributed by atoms with Crippen molar-refractivity contribution in [1.29, 1.82) is 0 Å². The number of hydrogen-bond acceptors (Lipinski definition) is 3. The Morgan fingerprint density at radius 3 is 2.89 bits per heavy atom. The van der Waals surface area contributed by atoms with Crippen molar-refractivity contribution in [3.05, 3.63) is 16.1 Å². The van der Waals surface area contributed by atoms with Crippen LogP contribution in [0.5, 0.6) is 0 Å². The second-order valence-corrected chi connectivity index (χ2v) is 6.07. The molecule has 0 aliphatic rings. The number of alkyl halides is 1. The number of nitrogens with zero attached hydrogens (tertiary/aromatic N) is 1. The molecule has 3 nitrogen and oxygen atoms in total. The van der Waals surface area contributed by atoms with E-state index < -0.39 is 0 Å². The molecule has 0 saturated carbocycles. The second kappa shape index (κ2) is 9.32. The number of nitrogens with one attached hydrogen (secondary N) is 1. The quantitative estimate of drug-likeness (QED) is 0.555. The highest BCUT2D eigenvalue weighted by Crippen LogP contribution is 2.12. The maximum atomic E-state index is 11.8. The van der Waals surface area contributed by atoms with Crippen LogP contribution in [0.3, 0.4) is 0 Å². The van der Waals surface area contributed by atoms with Gasteiger partial charge < -0.3 is 5.32 Å². The van der Waals surface area contributed by atoms with Gasteiger partial charge in [-0.15, -0.1) is 22.9 Å². The Morgan fingerprint density at radius 2 is 2.26 bits per heavy atom. The summed E-state index contributed by atoms with van der Waals surface area (Å²) < 4.78 is 0. The van der Waals surface area contributed by atoms with Crippen molar-refractivity contribution in [2.45, 2.75) is 64.3 Å². The third-order valence-electron chi connectivity index (χ3n) is 2.95. The standard InChI is InChI=1S/C14H23ClN2OS/c1-3-4-5-6-7-11(2)16-13(18)8-14-17-12(9-15)10-19-14/h10-11H,3-9H2,1-2H3,(H,16,18). The summed E-state index contributed by atoms with van der Waals surface area (Å²) in [5.41, 5.74) is 0.849. The number of unbranched alkanes of at least 4 members (excludes halogenated alkanes) is 3. The van der Waals surface area contributed by atoms with Crippen molar-refractivity contribution in [1.82, 2.24) is 10.3 Å². The Bertz CT molecular complexity index is 381. The first kappa shape index (κ1) is 16.4. The molecule has 1 heterocycles. The Morgan fingerprint density at radius 1 is 1.47 bits per heavy atom. The molecule has 1 rings (SSSR count). The zero-order valence-electron chi connectivity index (χ0n) is 11.7. The van der Waals surface area contributed by atoms with Crippen molar-refractivity contribution in [3.8, 4) is 0 Å². The molecular weight excluding hydrogens is 280 g/mol. The van der Waals surface area contributed by atoms with Gasteiger partial charge in [-0.2, -0.15) is 0 Å². The van der Waals surface area contributed by atoms with Crippen LogP contribution in [0.1, 0.15) is 56.7 Å². The fourth-order valence-corrected chi connectivity index (χ4v) is 2.93. The molecule has 1 N–H and O–H groups in total. The van der Waals surface area contributed by atoms with Crippen molar-refractivity contribution in [3.63, 3.8) is 0 Å². The third kappa shape index (κ3) is 6.92. The van der Waals surface area contributed by atoms with E-state index in [1.807, 2.05) is 5.38 Å². The highest BCUT2D eigenvalue weighted by Gasteiger charge is 2.10. The lowest BCUT2D eigenvalue weighted by Crippen LogP contribution is -2.33. The number of amides is 1. The summed E-state index contributed by atoms with van der Waals surface area (Å²) in [6.07, 6.45) is 6.37. The Kier molecular flexibility index (Phi) is 8.07. The van der Waals surface area contributed by atoms with Crippen molar-refractivity contribution in [2.75, 3.05) is 0 Å². The highest BCUT2D eigenvalue weighted by molar-refractivity contribution is 7.09. The molecule has 1 amide bonds. The molecule has 1 unspecified atom stereocenters. The zero-order valence-corrected chi connectivity index (χ0v) is 13.3. The van der Waals surface area contributed by atoms with E-state index in [1.54, 1.807) is 0 Å². The molecule has 0 radical (unpaired) electrons. The lowest BCUT2D eigenvalue weighted by molar-refractivity contribution is -0.121. The van der Waals surface area contributed by atoms with Gasteiger partial charge in [0.25, 0.3) is 0 Å². The number of carbonyl (C=O) groups is 1. The van der Waals surface area contributed by atoms with E-state index in [0.717, 1.165) is 17.1 Å². The third-order valence-corrected chi connectivity index (χ3v) is 4.12. The maximum Gasteiger partial charge on any atom is 0.227 e. The SMILES string of the molecule is CCCCCCC(C)NC(=O)Cc1nc(CCl)cs1. The van der Waals surface area contributed by atoms with Crippen LogP contribution in [-0.4, -0.2) is 16.9 Å². The van der Waals surface area contributed by atoms with Crippen LogP contribution < -0.4 is 5.32 Å². The highest BCUT2D eigenvalue weighted by atomic mass is 35.5. The predicted octanol–water partition coefficient (Wildman–Crippen LogP) is 3.90. The fourth-order valence-electron chi connectivity index (χ4n) is 1.90. The van der Waals surface area contributed by atoms with Crippen molar-refractivity contribution in [2.24, 2.45) is 0 Å². The Balaban J connectivity index is 2.22. The van der Waals surface area contributed by atoms with E-state index in [0.29, 0.717) is 12.3 Å². The number of halogens is 1. The van der Waals surface area contributed by atoms with Crippen LogP contribution in [0.4, 0.5) is 0 Å². The minimum atomic E-state index is 0.0541. The van der Waals surface area contributed by atoms with Gasteiger partial charge in [-0.25, -0.2) is 4.98 Å². The summed E-state index contributed by atoms with van der Waals surface area (Å²) in [5, 5.41) is 5.77. The first-order valence-electron chi connectivity index (χ1n) is 6.94. The minimum absolute atomic E-state index is 0.0541. The van der Waals surface area contributed by atoms with Gasteiger partial charge in [0.1, 0.15) is 5.01 Å². The largest absolute Gasteiger partial charge is 0.353 e. The van der Waals surface area contributed by atoms with Gasteiger partial charge in [0.2, 0.25) is 5.91 Å². The van der Waals surface area contributed by atoms with Crippen LogP contribution in [0.25, 0.3) is 0 Å². The van der Waals surface area contributed by atoms with Crippen LogP contribution in [-0.2, 0) is 17.1 Å². The van der Waals surface area contributed by atoms with Crippen molar-refractivity contribution >= 4 is 28.8 Å². The minimum Gasteiger partial charge on any atom is -0.353 e. The molecule has 108 valence electrons. The molecule has 0 saturated heterocycles. The van der Waals surface area contributed by atoms with E-state index in [-0.39, 0.29) is 11.9 Å². The monoisotopic (exact) mass is 302 g/mol. The van der Waals surface area contributed by atoms with E-state index >= 15 is 0 Å². The maximum absolute atomic E-state index is 11.8. The Labute approximate surface area is 124 Å². The normalized spacial score (nSPS) is 12.4. The fraction of sp³-hybridized carbons (Fsp3) is 0.714. The number of hydrogen-bond donors (Lipinski definition) is 1. The molecule has 0 aromatic carbocycles. The summed E-state index contributed by atoms with van der Waals surface area (Å²) >= 11 is 7.19. The van der Waals surface area contributed by atoms with Crippen molar-refractivity contribution < 1.29 is 4.79 Å². The van der Waals surface area contributed by atoms with Crippen LogP contribution in [0.15, 0.2) is 5.38 Å². The van der Waals surface area contributed by atoms with Gasteiger partial charge in [-0.05, 0) is 13.3 Å². The van der Waals surface area contributed by atoms with Gasteiger partial charge >= 0.3 is 0 Å². The van der Waals surface area contributed by atoms with Crippen LogP contribution >= 0.6 is 22.9 Å². The van der Waals surface area contributed by atoms with E-state index in [1.165, 1.54) is 37.0 Å². The molecule has 5 heteroatoms. The molecule has 1 atom stereocenters. The van der Waals surface area contributed by atoms with Gasteiger partial charge in [0, 0.05) is 11.4 Å². The van der Waals surface area contributed by atoms with Gasteiger partial charge in [0.05, 0.1) is 18.0 Å². The van der Waals surface area contributed by atoms with Crippen LogP contribution in [0, 0.1) is 0 Å². The summed E-state index contributed by atoms with van der Waals surface area (Å²) in [6.45, 7) is 4.27. The summed E-state index contributed by atoms with van der Waals surface area (Å²) in [4.78, 5) is 16.1. The molecule has 0 aliphatic carbocycles. The summed E-state index contributed by atoms with van der Waals surface area (Å²) in [7, 11) is 0. The zero-order chi connectivity index (χ0) is 14.1. The first-order chi connectivity index (χ1) is 9.15. The van der Waals surface area contributed by atoms with Gasteiger partial charge in [-0.3, -0.25) is 4.79 Å². The average Bonchev–Trinajstić information content (AvgIpc) is 2.82. The second-order valence-electron chi connectivity index (χ2n) is 4.86. The summed E-state index contributed by atoms with van der Waals surface area (Å²) in [5.74, 6) is 0.463. The molecule has 0 bridgehead atoms.